The number of anilines is 1. The number of para-hydroxylation sites is 1. The SMILES string of the molecule is COc1ccccc1CNc1nccc(-c2ccc(C(N)=O)cc2)n1. The minimum atomic E-state index is -0.451. The van der Waals surface area contributed by atoms with Gasteiger partial charge in [0.1, 0.15) is 5.75 Å². The molecule has 0 saturated carbocycles. The van der Waals surface area contributed by atoms with Gasteiger partial charge < -0.3 is 15.8 Å². The molecule has 3 N–H and O–H groups in total. The van der Waals surface area contributed by atoms with Gasteiger partial charge in [-0.3, -0.25) is 4.79 Å². The highest BCUT2D eigenvalue weighted by molar-refractivity contribution is 5.93. The third kappa shape index (κ3) is 3.92. The van der Waals surface area contributed by atoms with E-state index in [1.807, 2.05) is 42.5 Å². The highest BCUT2D eigenvalue weighted by Crippen LogP contribution is 2.20. The second-order valence-electron chi connectivity index (χ2n) is 5.37. The van der Waals surface area contributed by atoms with E-state index in [-0.39, 0.29) is 0 Å². The van der Waals surface area contributed by atoms with Gasteiger partial charge in [-0.1, -0.05) is 30.3 Å². The van der Waals surface area contributed by atoms with Gasteiger partial charge in [-0.25, -0.2) is 9.97 Å². The van der Waals surface area contributed by atoms with Crippen molar-refractivity contribution in [1.29, 1.82) is 0 Å². The molecule has 0 saturated heterocycles. The van der Waals surface area contributed by atoms with Crippen LogP contribution in [-0.2, 0) is 6.54 Å². The molecule has 0 bridgehead atoms. The second kappa shape index (κ2) is 7.44. The van der Waals surface area contributed by atoms with Gasteiger partial charge in [0.05, 0.1) is 12.8 Å². The predicted molar refractivity (Wildman–Crippen MR) is 96.3 cm³/mol. The summed E-state index contributed by atoms with van der Waals surface area (Å²) in [5.41, 5.74) is 8.38. The van der Waals surface area contributed by atoms with E-state index in [0.29, 0.717) is 18.1 Å². The first kappa shape index (κ1) is 16.4. The number of ether oxygens (including phenoxy) is 1. The number of amides is 1. The van der Waals surface area contributed by atoms with Crippen molar-refractivity contribution in [2.75, 3.05) is 12.4 Å². The molecule has 6 nitrogen and oxygen atoms in total. The first-order valence-electron chi connectivity index (χ1n) is 7.76. The molecular weight excluding hydrogens is 316 g/mol. The Kier molecular flexibility index (Phi) is 4.89. The summed E-state index contributed by atoms with van der Waals surface area (Å²) in [7, 11) is 1.64. The average molecular weight is 334 g/mol. The number of nitrogens with zero attached hydrogens (tertiary/aromatic N) is 2. The summed E-state index contributed by atoms with van der Waals surface area (Å²) < 4.78 is 5.34. The Labute approximate surface area is 145 Å². The summed E-state index contributed by atoms with van der Waals surface area (Å²) in [6, 6.07) is 16.6. The quantitative estimate of drug-likeness (QED) is 0.723. The number of nitrogens with one attached hydrogen (secondary N) is 1. The molecule has 1 aromatic heterocycles. The number of aromatic nitrogens is 2. The van der Waals surface area contributed by atoms with Crippen LogP contribution in [0.3, 0.4) is 0 Å². The van der Waals surface area contributed by atoms with E-state index in [1.54, 1.807) is 25.4 Å². The summed E-state index contributed by atoms with van der Waals surface area (Å²) >= 11 is 0. The summed E-state index contributed by atoms with van der Waals surface area (Å²) in [6.07, 6.45) is 1.69. The number of rotatable bonds is 6. The van der Waals surface area contributed by atoms with Gasteiger partial charge in [-0.05, 0) is 24.3 Å². The first-order chi connectivity index (χ1) is 12.2. The van der Waals surface area contributed by atoms with Crippen molar-refractivity contribution in [2.24, 2.45) is 5.73 Å². The molecule has 0 fully saturated rings. The molecule has 0 aliphatic heterocycles. The van der Waals surface area contributed by atoms with Gasteiger partial charge >= 0.3 is 0 Å². The third-order valence-electron chi connectivity index (χ3n) is 3.75. The Bertz CT molecular complexity index is 879. The minimum Gasteiger partial charge on any atom is -0.496 e. The molecule has 1 heterocycles. The van der Waals surface area contributed by atoms with E-state index in [2.05, 4.69) is 15.3 Å². The lowest BCUT2D eigenvalue weighted by molar-refractivity contribution is 0.100. The van der Waals surface area contributed by atoms with Crippen LogP contribution in [-0.4, -0.2) is 23.0 Å². The van der Waals surface area contributed by atoms with Crippen molar-refractivity contribution >= 4 is 11.9 Å². The van der Waals surface area contributed by atoms with E-state index in [0.717, 1.165) is 22.6 Å². The van der Waals surface area contributed by atoms with Crippen LogP contribution >= 0.6 is 0 Å². The van der Waals surface area contributed by atoms with Gasteiger partial charge in [-0.15, -0.1) is 0 Å². The van der Waals surface area contributed by atoms with Crippen LogP contribution in [0, 0.1) is 0 Å². The van der Waals surface area contributed by atoms with Crippen LogP contribution in [0.4, 0.5) is 5.95 Å². The summed E-state index contributed by atoms with van der Waals surface area (Å²) in [5.74, 6) is 0.879. The molecular formula is C19H18N4O2. The number of methoxy groups -OCH3 is 1. The molecule has 6 heteroatoms. The van der Waals surface area contributed by atoms with E-state index in [9.17, 15) is 4.79 Å². The Balaban J connectivity index is 1.76. The van der Waals surface area contributed by atoms with E-state index >= 15 is 0 Å². The van der Waals surface area contributed by atoms with Crippen LogP contribution < -0.4 is 15.8 Å². The maximum Gasteiger partial charge on any atom is 0.248 e. The van der Waals surface area contributed by atoms with Gasteiger partial charge in [-0.2, -0.15) is 0 Å². The molecule has 3 rings (SSSR count). The molecule has 2 aromatic carbocycles. The van der Waals surface area contributed by atoms with E-state index in [4.69, 9.17) is 10.5 Å². The number of benzene rings is 2. The summed E-state index contributed by atoms with van der Waals surface area (Å²) in [4.78, 5) is 19.9. The number of hydrogen-bond donors (Lipinski definition) is 2. The van der Waals surface area contributed by atoms with Crippen LogP contribution in [0.1, 0.15) is 15.9 Å². The largest absolute Gasteiger partial charge is 0.496 e. The molecule has 0 radical (unpaired) electrons. The smallest absolute Gasteiger partial charge is 0.248 e. The summed E-state index contributed by atoms with van der Waals surface area (Å²) in [5, 5.41) is 3.20. The minimum absolute atomic E-state index is 0.451. The van der Waals surface area contributed by atoms with E-state index in [1.165, 1.54) is 0 Å². The number of carbonyl (C=O) groups excluding carboxylic acids is 1. The second-order valence-corrected chi connectivity index (χ2v) is 5.37. The molecule has 0 aliphatic rings. The van der Waals surface area contributed by atoms with Crippen LogP contribution in [0.5, 0.6) is 5.75 Å². The normalized spacial score (nSPS) is 10.3. The highest BCUT2D eigenvalue weighted by Gasteiger charge is 2.06. The molecule has 25 heavy (non-hydrogen) atoms. The van der Waals surface area contributed by atoms with Gasteiger partial charge in [0.25, 0.3) is 0 Å². The lowest BCUT2D eigenvalue weighted by Crippen LogP contribution is -2.10. The zero-order valence-electron chi connectivity index (χ0n) is 13.8. The van der Waals surface area contributed by atoms with Crippen molar-refractivity contribution in [2.45, 2.75) is 6.54 Å². The number of hydrogen-bond acceptors (Lipinski definition) is 5. The molecule has 0 spiro atoms. The van der Waals surface area contributed by atoms with Crippen LogP contribution in [0.15, 0.2) is 60.8 Å². The van der Waals surface area contributed by atoms with E-state index < -0.39 is 5.91 Å². The lowest BCUT2D eigenvalue weighted by atomic mass is 10.1. The Morgan fingerprint density at radius 3 is 2.60 bits per heavy atom. The fraction of sp³-hybridized carbons (Fsp3) is 0.105. The Hall–Kier alpha value is -3.41. The Morgan fingerprint density at radius 1 is 1.12 bits per heavy atom. The van der Waals surface area contributed by atoms with Crippen LogP contribution in [0.2, 0.25) is 0 Å². The highest BCUT2D eigenvalue weighted by atomic mass is 16.5. The first-order valence-corrected chi connectivity index (χ1v) is 7.76. The molecule has 0 unspecified atom stereocenters. The number of nitrogens with two attached hydrogens (primary N) is 1. The number of primary amides is 1. The van der Waals surface area contributed by atoms with Crippen molar-refractivity contribution in [3.8, 4) is 17.0 Å². The van der Waals surface area contributed by atoms with Gasteiger partial charge in [0.15, 0.2) is 0 Å². The standard InChI is InChI=1S/C19H18N4O2/c1-25-17-5-3-2-4-15(17)12-22-19-21-11-10-16(23-19)13-6-8-14(9-7-13)18(20)24/h2-11H,12H2,1H3,(H2,20,24)(H,21,22,23). The van der Waals surface area contributed by atoms with Gasteiger partial charge in [0.2, 0.25) is 11.9 Å². The number of carbonyl (C=O) groups is 1. The third-order valence-corrected chi connectivity index (χ3v) is 3.75. The lowest BCUT2D eigenvalue weighted by Gasteiger charge is -2.10. The maximum absolute atomic E-state index is 11.2. The average Bonchev–Trinajstić information content (AvgIpc) is 2.67. The van der Waals surface area contributed by atoms with Gasteiger partial charge in [0, 0.05) is 29.4 Å². The summed E-state index contributed by atoms with van der Waals surface area (Å²) in [6.45, 7) is 0.550. The monoisotopic (exact) mass is 334 g/mol. The van der Waals surface area contributed by atoms with Crippen molar-refractivity contribution < 1.29 is 9.53 Å². The Morgan fingerprint density at radius 2 is 1.88 bits per heavy atom. The maximum atomic E-state index is 11.2. The molecule has 1 amide bonds. The fourth-order valence-electron chi connectivity index (χ4n) is 2.43. The zero-order chi connectivity index (χ0) is 17.6. The van der Waals surface area contributed by atoms with Crippen molar-refractivity contribution in [3.63, 3.8) is 0 Å². The molecule has 126 valence electrons. The topological polar surface area (TPSA) is 90.1 Å². The molecule has 0 aliphatic carbocycles. The van der Waals surface area contributed by atoms with Crippen molar-refractivity contribution in [3.05, 3.63) is 71.9 Å². The van der Waals surface area contributed by atoms with Crippen LogP contribution in [0.25, 0.3) is 11.3 Å². The van der Waals surface area contributed by atoms with Crippen molar-refractivity contribution in [1.82, 2.24) is 9.97 Å². The zero-order valence-corrected chi connectivity index (χ0v) is 13.8. The molecule has 0 atom stereocenters. The molecule has 3 aromatic rings. The fourth-order valence-corrected chi connectivity index (χ4v) is 2.43. The predicted octanol–water partition coefficient (Wildman–Crippen LogP) is 2.86.